The molecule has 2 atom stereocenters. The highest BCUT2D eigenvalue weighted by Gasteiger charge is 2.19. The van der Waals surface area contributed by atoms with Crippen LogP contribution in [0.3, 0.4) is 0 Å². The first-order valence-electron chi connectivity index (χ1n) is 7.91. The summed E-state index contributed by atoms with van der Waals surface area (Å²) in [5.41, 5.74) is 6.65. The third kappa shape index (κ3) is 5.45. The average Bonchev–Trinajstić information content (AvgIpc) is 2.63. The molecule has 0 bridgehead atoms. The standard InChI is InChI=1S/C18H20N2O6/c1-11(26-17(23)13-3-2-6-20-9-13)10-25-18(24)14(19)7-12-4-5-15(21)16(22)8-12/h2-6,8-9,11,14,21-22H,7,10,19H2,1H3/t11-,14-/m0/s1. The lowest BCUT2D eigenvalue weighted by Gasteiger charge is -2.16. The first-order valence-corrected chi connectivity index (χ1v) is 7.91. The minimum absolute atomic E-state index is 0.122. The van der Waals surface area contributed by atoms with Crippen molar-refractivity contribution in [3.8, 4) is 11.5 Å². The van der Waals surface area contributed by atoms with Crippen LogP contribution in [0.1, 0.15) is 22.8 Å². The number of pyridine rings is 1. The van der Waals surface area contributed by atoms with E-state index in [1.165, 1.54) is 24.5 Å². The molecule has 8 heteroatoms. The molecule has 0 saturated heterocycles. The predicted molar refractivity (Wildman–Crippen MR) is 91.5 cm³/mol. The quantitative estimate of drug-likeness (QED) is 0.495. The van der Waals surface area contributed by atoms with Crippen molar-refractivity contribution in [1.29, 1.82) is 0 Å². The molecule has 2 rings (SSSR count). The highest BCUT2D eigenvalue weighted by atomic mass is 16.6. The van der Waals surface area contributed by atoms with E-state index >= 15 is 0 Å². The fourth-order valence-electron chi connectivity index (χ4n) is 2.11. The zero-order chi connectivity index (χ0) is 19.1. The second-order valence-electron chi connectivity index (χ2n) is 5.72. The number of esters is 2. The van der Waals surface area contributed by atoms with Gasteiger partial charge in [0.05, 0.1) is 5.56 Å². The Bertz CT molecular complexity index is 766. The van der Waals surface area contributed by atoms with Crippen LogP contribution in [0.25, 0.3) is 0 Å². The highest BCUT2D eigenvalue weighted by Crippen LogP contribution is 2.25. The van der Waals surface area contributed by atoms with E-state index in [0.717, 1.165) is 0 Å². The van der Waals surface area contributed by atoms with Gasteiger partial charge in [0.1, 0.15) is 18.8 Å². The van der Waals surface area contributed by atoms with Crippen LogP contribution in [0, 0.1) is 0 Å². The van der Waals surface area contributed by atoms with Gasteiger partial charge in [-0.05, 0) is 43.2 Å². The molecular weight excluding hydrogens is 340 g/mol. The Balaban J connectivity index is 1.79. The molecule has 8 nitrogen and oxygen atoms in total. The van der Waals surface area contributed by atoms with Crippen LogP contribution < -0.4 is 5.73 Å². The minimum Gasteiger partial charge on any atom is -0.504 e. The Morgan fingerprint density at radius 3 is 2.65 bits per heavy atom. The molecule has 0 radical (unpaired) electrons. The SMILES string of the molecule is C[C@@H](COC(=O)[C@@H](N)Cc1ccc(O)c(O)c1)OC(=O)c1cccnc1. The second-order valence-corrected chi connectivity index (χ2v) is 5.72. The van der Waals surface area contributed by atoms with Gasteiger partial charge in [-0.2, -0.15) is 0 Å². The molecule has 0 aliphatic rings. The third-order valence-corrected chi connectivity index (χ3v) is 3.46. The zero-order valence-corrected chi connectivity index (χ0v) is 14.2. The minimum atomic E-state index is -0.958. The topological polar surface area (TPSA) is 132 Å². The van der Waals surface area contributed by atoms with Crippen molar-refractivity contribution in [3.05, 3.63) is 53.9 Å². The Kier molecular flexibility index (Phi) is 6.51. The molecule has 0 saturated carbocycles. The van der Waals surface area contributed by atoms with Crippen molar-refractivity contribution in [1.82, 2.24) is 4.98 Å². The lowest BCUT2D eigenvalue weighted by molar-refractivity contribution is -0.148. The average molecular weight is 360 g/mol. The lowest BCUT2D eigenvalue weighted by atomic mass is 10.1. The van der Waals surface area contributed by atoms with E-state index in [2.05, 4.69) is 4.98 Å². The predicted octanol–water partition coefficient (Wildman–Crippen LogP) is 1.15. The Hall–Kier alpha value is -3.13. The molecule has 0 unspecified atom stereocenters. The number of nitrogens with two attached hydrogens (primary N) is 1. The molecule has 26 heavy (non-hydrogen) atoms. The second kappa shape index (κ2) is 8.82. The van der Waals surface area contributed by atoms with Crippen molar-refractivity contribution < 1.29 is 29.3 Å². The number of hydrogen-bond acceptors (Lipinski definition) is 8. The smallest absolute Gasteiger partial charge is 0.340 e. The van der Waals surface area contributed by atoms with Gasteiger partial charge >= 0.3 is 11.9 Å². The number of benzene rings is 1. The van der Waals surface area contributed by atoms with Crippen LogP contribution in [0.5, 0.6) is 11.5 Å². The molecule has 0 aliphatic heterocycles. The molecule has 4 N–H and O–H groups in total. The van der Waals surface area contributed by atoms with Crippen LogP contribution in [-0.4, -0.2) is 45.9 Å². The summed E-state index contributed by atoms with van der Waals surface area (Å²) < 4.78 is 10.2. The fourth-order valence-corrected chi connectivity index (χ4v) is 2.11. The monoisotopic (exact) mass is 360 g/mol. The van der Waals surface area contributed by atoms with E-state index < -0.39 is 24.1 Å². The number of carbonyl (C=O) groups is 2. The van der Waals surface area contributed by atoms with Crippen LogP contribution in [0.15, 0.2) is 42.7 Å². The molecule has 0 spiro atoms. The molecule has 2 aromatic rings. The summed E-state index contributed by atoms with van der Waals surface area (Å²) in [5.74, 6) is -1.78. The summed E-state index contributed by atoms with van der Waals surface area (Å²) in [7, 11) is 0. The van der Waals surface area contributed by atoms with Crippen molar-refractivity contribution in [2.24, 2.45) is 5.73 Å². The molecule has 1 heterocycles. The van der Waals surface area contributed by atoms with Crippen LogP contribution in [0.4, 0.5) is 0 Å². The first-order chi connectivity index (χ1) is 12.4. The van der Waals surface area contributed by atoms with Crippen molar-refractivity contribution in [3.63, 3.8) is 0 Å². The number of ether oxygens (including phenoxy) is 2. The first kappa shape index (κ1) is 19.2. The molecule has 0 fully saturated rings. The van der Waals surface area contributed by atoms with E-state index in [1.54, 1.807) is 25.1 Å². The summed E-state index contributed by atoms with van der Waals surface area (Å²) in [6.07, 6.45) is 2.38. The number of phenols is 2. The van der Waals surface area contributed by atoms with Gasteiger partial charge < -0.3 is 25.4 Å². The molecule has 0 aliphatic carbocycles. The molecule has 138 valence electrons. The number of rotatable bonds is 7. The Labute approximate surface area is 150 Å². The molecule has 0 amide bonds. The van der Waals surface area contributed by atoms with E-state index in [1.807, 2.05) is 0 Å². The summed E-state index contributed by atoms with van der Waals surface area (Å²) in [5, 5.41) is 18.7. The number of aromatic hydroxyl groups is 2. The van der Waals surface area contributed by atoms with Gasteiger partial charge in [0.2, 0.25) is 0 Å². The van der Waals surface area contributed by atoms with E-state index in [4.69, 9.17) is 15.2 Å². The van der Waals surface area contributed by atoms with E-state index in [-0.39, 0.29) is 24.5 Å². The lowest BCUT2D eigenvalue weighted by Crippen LogP contribution is -2.36. The zero-order valence-electron chi connectivity index (χ0n) is 14.2. The van der Waals surface area contributed by atoms with Crippen LogP contribution in [-0.2, 0) is 20.7 Å². The maximum absolute atomic E-state index is 11.9. The number of aromatic nitrogens is 1. The number of hydrogen-bond donors (Lipinski definition) is 3. The third-order valence-electron chi connectivity index (χ3n) is 3.46. The number of carbonyl (C=O) groups excluding carboxylic acids is 2. The highest BCUT2D eigenvalue weighted by molar-refractivity contribution is 5.89. The van der Waals surface area contributed by atoms with Gasteiger partial charge in [0.15, 0.2) is 11.5 Å². The van der Waals surface area contributed by atoms with Gasteiger partial charge in [-0.1, -0.05) is 6.07 Å². The largest absolute Gasteiger partial charge is 0.504 e. The summed E-state index contributed by atoms with van der Waals surface area (Å²) in [6, 6.07) is 6.39. The number of nitrogens with zero attached hydrogens (tertiary/aromatic N) is 1. The van der Waals surface area contributed by atoms with Crippen LogP contribution in [0.2, 0.25) is 0 Å². The normalized spacial score (nSPS) is 12.8. The maximum atomic E-state index is 11.9. The van der Waals surface area contributed by atoms with Gasteiger partial charge in [0, 0.05) is 12.4 Å². The van der Waals surface area contributed by atoms with E-state index in [0.29, 0.717) is 11.1 Å². The molecular formula is C18H20N2O6. The van der Waals surface area contributed by atoms with Gasteiger partial charge in [-0.3, -0.25) is 9.78 Å². The van der Waals surface area contributed by atoms with Crippen molar-refractivity contribution in [2.45, 2.75) is 25.5 Å². The van der Waals surface area contributed by atoms with Crippen LogP contribution >= 0.6 is 0 Å². The summed E-state index contributed by atoms with van der Waals surface area (Å²) in [6.45, 7) is 1.45. The molecule has 1 aromatic heterocycles. The van der Waals surface area contributed by atoms with Gasteiger partial charge in [-0.25, -0.2) is 4.79 Å². The van der Waals surface area contributed by atoms with E-state index in [9.17, 15) is 19.8 Å². The van der Waals surface area contributed by atoms with Gasteiger partial charge in [-0.15, -0.1) is 0 Å². The van der Waals surface area contributed by atoms with Crippen molar-refractivity contribution in [2.75, 3.05) is 6.61 Å². The van der Waals surface area contributed by atoms with Crippen molar-refractivity contribution >= 4 is 11.9 Å². The van der Waals surface area contributed by atoms with Gasteiger partial charge in [0.25, 0.3) is 0 Å². The Morgan fingerprint density at radius 2 is 2.00 bits per heavy atom. The fraction of sp³-hybridized carbons (Fsp3) is 0.278. The number of phenolic OH excluding ortho intramolecular Hbond substituents is 2. The Morgan fingerprint density at radius 1 is 1.23 bits per heavy atom. The summed E-state index contributed by atoms with van der Waals surface area (Å²) in [4.78, 5) is 27.6. The molecule has 1 aromatic carbocycles. The maximum Gasteiger partial charge on any atom is 0.340 e. The summed E-state index contributed by atoms with van der Waals surface area (Å²) >= 11 is 0.